The molecule has 1 fully saturated rings. The molecule has 0 heterocycles. The lowest BCUT2D eigenvalue weighted by molar-refractivity contribution is -0.139. The number of thiocarbonyl (C=S) groups is 1. The quantitative estimate of drug-likeness (QED) is 0.396. The molecule has 0 aliphatic heterocycles. The summed E-state index contributed by atoms with van der Waals surface area (Å²) in [6.45, 7) is 2.28. The highest BCUT2D eigenvalue weighted by molar-refractivity contribution is 7.80. The highest BCUT2D eigenvalue weighted by Gasteiger charge is 2.21. The Kier molecular flexibility index (Phi) is 6.04. The van der Waals surface area contributed by atoms with Gasteiger partial charge >= 0.3 is 11.8 Å². The summed E-state index contributed by atoms with van der Waals surface area (Å²) in [7, 11) is 0. The Hall–Kier alpha value is -1.17. The third kappa shape index (κ3) is 5.44. The molecule has 4 N–H and O–H groups in total. The van der Waals surface area contributed by atoms with E-state index in [4.69, 9.17) is 5.73 Å². The van der Waals surface area contributed by atoms with Crippen LogP contribution in [0.1, 0.15) is 39.0 Å². The van der Waals surface area contributed by atoms with E-state index in [2.05, 4.69) is 29.8 Å². The molecule has 18 heavy (non-hydrogen) atoms. The van der Waals surface area contributed by atoms with Crippen molar-refractivity contribution in [3.63, 3.8) is 0 Å². The zero-order chi connectivity index (χ0) is 13.5. The van der Waals surface area contributed by atoms with Gasteiger partial charge in [0.25, 0.3) is 0 Å². The lowest BCUT2D eigenvalue weighted by Gasteiger charge is -2.15. The first-order valence-electron chi connectivity index (χ1n) is 6.36. The summed E-state index contributed by atoms with van der Waals surface area (Å²) in [4.78, 5) is 23.2. The molecule has 0 radical (unpaired) electrons. The van der Waals surface area contributed by atoms with Crippen LogP contribution in [0.25, 0.3) is 0 Å². The van der Waals surface area contributed by atoms with Crippen LogP contribution in [0, 0.1) is 5.92 Å². The van der Waals surface area contributed by atoms with Gasteiger partial charge in [0.1, 0.15) is 0 Å². The molecule has 102 valence electrons. The van der Waals surface area contributed by atoms with Crippen molar-refractivity contribution in [1.29, 1.82) is 0 Å². The summed E-state index contributed by atoms with van der Waals surface area (Å²) in [5.41, 5.74) is 5.25. The normalized spacial score (nSPS) is 23.8. The van der Waals surface area contributed by atoms with Crippen LogP contribution in [0.2, 0.25) is 0 Å². The maximum absolute atomic E-state index is 11.6. The van der Waals surface area contributed by atoms with Crippen molar-refractivity contribution in [3.05, 3.63) is 0 Å². The predicted molar refractivity (Wildman–Crippen MR) is 74.0 cm³/mol. The molecule has 2 atom stereocenters. The lowest BCUT2D eigenvalue weighted by atomic mass is 10.0. The molecule has 5 nitrogen and oxygen atoms in total. The largest absolute Gasteiger partial charge is 0.392 e. The first-order chi connectivity index (χ1) is 8.49. The number of nitrogens with two attached hydrogens (primary N) is 1. The first-order valence-corrected chi connectivity index (χ1v) is 6.77. The number of carbonyl (C=O) groups excluding carboxylic acids is 2. The van der Waals surface area contributed by atoms with Crippen molar-refractivity contribution in [3.8, 4) is 0 Å². The van der Waals surface area contributed by atoms with Gasteiger partial charge in [-0.15, -0.1) is 0 Å². The van der Waals surface area contributed by atoms with Crippen LogP contribution in [0.4, 0.5) is 0 Å². The standard InChI is InChI=1S/C12H21N3O2S/c1-8-3-2-4-9(6-5-8)15-12(17)11(16)14-7-10(13)18/h8-9H,2-7H2,1H3,(H2,13,18)(H,14,16)(H,15,17). The summed E-state index contributed by atoms with van der Waals surface area (Å²) in [6.07, 6.45) is 5.27. The number of hydrogen-bond donors (Lipinski definition) is 3. The van der Waals surface area contributed by atoms with Gasteiger partial charge in [0, 0.05) is 6.04 Å². The summed E-state index contributed by atoms with van der Waals surface area (Å²) in [5.74, 6) is -0.554. The van der Waals surface area contributed by atoms with Crippen molar-refractivity contribution in [1.82, 2.24) is 10.6 Å². The van der Waals surface area contributed by atoms with E-state index in [9.17, 15) is 9.59 Å². The van der Waals surface area contributed by atoms with Gasteiger partial charge in [-0.2, -0.15) is 0 Å². The Balaban J connectivity index is 2.34. The van der Waals surface area contributed by atoms with Gasteiger partial charge in [0.05, 0.1) is 11.5 Å². The van der Waals surface area contributed by atoms with Crippen LogP contribution >= 0.6 is 12.2 Å². The molecular weight excluding hydrogens is 250 g/mol. The minimum absolute atomic E-state index is 0.0588. The number of hydrogen-bond acceptors (Lipinski definition) is 3. The topological polar surface area (TPSA) is 84.2 Å². The van der Waals surface area contributed by atoms with Gasteiger partial charge in [-0.3, -0.25) is 9.59 Å². The molecule has 0 aromatic carbocycles. The molecule has 1 rings (SSSR count). The number of nitrogens with one attached hydrogen (secondary N) is 2. The monoisotopic (exact) mass is 271 g/mol. The summed E-state index contributed by atoms with van der Waals surface area (Å²) in [6, 6.07) is 0.109. The molecule has 1 saturated carbocycles. The molecular formula is C12H21N3O2S. The highest BCUT2D eigenvalue weighted by atomic mass is 32.1. The summed E-state index contributed by atoms with van der Waals surface area (Å²) >= 11 is 4.62. The van der Waals surface area contributed by atoms with Crippen molar-refractivity contribution in [2.75, 3.05) is 6.54 Å². The third-order valence-corrected chi connectivity index (χ3v) is 3.37. The fourth-order valence-electron chi connectivity index (χ4n) is 2.13. The third-order valence-electron chi connectivity index (χ3n) is 3.22. The van der Waals surface area contributed by atoms with Crippen molar-refractivity contribution in [2.45, 2.75) is 45.1 Å². The van der Waals surface area contributed by atoms with Crippen LogP contribution in [0.5, 0.6) is 0 Å². The maximum Gasteiger partial charge on any atom is 0.309 e. The molecule has 6 heteroatoms. The second kappa shape index (κ2) is 7.31. The molecule has 2 unspecified atom stereocenters. The molecule has 1 aliphatic rings. The molecule has 0 aromatic heterocycles. The second-order valence-electron chi connectivity index (χ2n) is 4.93. The van der Waals surface area contributed by atoms with Crippen LogP contribution < -0.4 is 16.4 Å². The molecule has 0 spiro atoms. The first kappa shape index (κ1) is 14.9. The van der Waals surface area contributed by atoms with Crippen LogP contribution in [0.15, 0.2) is 0 Å². The van der Waals surface area contributed by atoms with Crippen molar-refractivity contribution >= 4 is 29.0 Å². The number of amides is 2. The van der Waals surface area contributed by atoms with E-state index in [0.29, 0.717) is 5.92 Å². The molecule has 0 bridgehead atoms. The predicted octanol–water partition coefficient (Wildman–Crippen LogP) is 0.474. The SMILES string of the molecule is CC1CCCC(NC(=O)C(=O)NCC(N)=S)CC1. The molecule has 0 saturated heterocycles. The van der Waals surface area contributed by atoms with Gasteiger partial charge < -0.3 is 16.4 Å². The van der Waals surface area contributed by atoms with E-state index in [1.165, 1.54) is 6.42 Å². The Morgan fingerprint density at radius 3 is 2.61 bits per heavy atom. The van der Waals surface area contributed by atoms with E-state index in [0.717, 1.165) is 25.7 Å². The van der Waals surface area contributed by atoms with Gasteiger partial charge in [-0.05, 0) is 25.2 Å². The average Bonchev–Trinajstić information content (AvgIpc) is 2.51. The smallest absolute Gasteiger partial charge is 0.309 e. The van der Waals surface area contributed by atoms with E-state index in [-0.39, 0.29) is 17.6 Å². The minimum atomic E-state index is -0.667. The molecule has 0 aromatic rings. The van der Waals surface area contributed by atoms with E-state index in [1.54, 1.807) is 0 Å². The Morgan fingerprint density at radius 1 is 1.22 bits per heavy atom. The Bertz CT molecular complexity index is 333. The van der Waals surface area contributed by atoms with Crippen LogP contribution in [0.3, 0.4) is 0 Å². The number of rotatable bonds is 3. The number of carbonyl (C=O) groups is 2. The fraction of sp³-hybridized carbons (Fsp3) is 0.750. The average molecular weight is 271 g/mol. The zero-order valence-corrected chi connectivity index (χ0v) is 11.5. The Labute approximate surface area is 113 Å². The van der Waals surface area contributed by atoms with Crippen molar-refractivity contribution in [2.24, 2.45) is 11.7 Å². The summed E-state index contributed by atoms with van der Waals surface area (Å²) < 4.78 is 0. The van der Waals surface area contributed by atoms with E-state index >= 15 is 0 Å². The van der Waals surface area contributed by atoms with Crippen LogP contribution in [-0.2, 0) is 9.59 Å². The van der Waals surface area contributed by atoms with E-state index in [1.807, 2.05) is 0 Å². The minimum Gasteiger partial charge on any atom is -0.392 e. The maximum atomic E-state index is 11.6. The second-order valence-corrected chi connectivity index (χ2v) is 5.46. The Morgan fingerprint density at radius 2 is 1.94 bits per heavy atom. The van der Waals surface area contributed by atoms with Gasteiger partial charge in [0.15, 0.2) is 0 Å². The summed E-state index contributed by atoms with van der Waals surface area (Å²) in [5, 5.41) is 5.15. The van der Waals surface area contributed by atoms with Crippen LogP contribution in [-0.4, -0.2) is 29.4 Å². The van der Waals surface area contributed by atoms with Gasteiger partial charge in [-0.1, -0.05) is 32.0 Å². The zero-order valence-electron chi connectivity index (χ0n) is 10.7. The van der Waals surface area contributed by atoms with E-state index < -0.39 is 11.8 Å². The fourth-order valence-corrected chi connectivity index (χ4v) is 2.20. The molecule has 1 aliphatic carbocycles. The highest BCUT2D eigenvalue weighted by Crippen LogP contribution is 2.22. The van der Waals surface area contributed by atoms with Gasteiger partial charge in [-0.25, -0.2) is 0 Å². The van der Waals surface area contributed by atoms with Crippen molar-refractivity contribution < 1.29 is 9.59 Å². The lowest BCUT2D eigenvalue weighted by Crippen LogP contribution is -2.46. The van der Waals surface area contributed by atoms with Gasteiger partial charge in [0.2, 0.25) is 0 Å². The molecule has 2 amide bonds.